The summed E-state index contributed by atoms with van der Waals surface area (Å²) in [5.74, 6) is 0.227. The second-order valence-electron chi connectivity index (χ2n) is 5.78. The van der Waals surface area contributed by atoms with Crippen molar-refractivity contribution in [2.45, 2.75) is 51.0 Å². The van der Waals surface area contributed by atoms with E-state index in [2.05, 4.69) is 5.38 Å². The van der Waals surface area contributed by atoms with Crippen molar-refractivity contribution in [1.82, 2.24) is 4.90 Å². The van der Waals surface area contributed by atoms with Crippen molar-refractivity contribution < 1.29 is 4.79 Å². The van der Waals surface area contributed by atoms with Crippen molar-refractivity contribution in [1.29, 1.82) is 0 Å². The Morgan fingerprint density at radius 2 is 2.11 bits per heavy atom. The summed E-state index contributed by atoms with van der Waals surface area (Å²) in [4.78, 5) is 15.7. The molecule has 2 aliphatic rings. The Hall–Kier alpha value is -0.870. The smallest absolute Gasteiger partial charge is 0.264 e. The van der Waals surface area contributed by atoms with Crippen LogP contribution in [0.25, 0.3) is 0 Å². The quantitative estimate of drug-likeness (QED) is 0.858. The second-order valence-corrected chi connectivity index (χ2v) is 6.66. The molecule has 0 spiro atoms. The fraction of sp³-hybridized carbons (Fsp3) is 0.667. The molecule has 1 fully saturated rings. The highest BCUT2D eigenvalue weighted by atomic mass is 32.1. The Labute approximate surface area is 118 Å². The lowest BCUT2D eigenvalue weighted by Crippen LogP contribution is -2.39. The number of aryl methyl sites for hydroxylation is 1. The van der Waals surface area contributed by atoms with Gasteiger partial charge >= 0.3 is 0 Å². The topological polar surface area (TPSA) is 46.3 Å². The largest absolute Gasteiger partial charge is 0.336 e. The van der Waals surface area contributed by atoms with E-state index in [0.29, 0.717) is 0 Å². The van der Waals surface area contributed by atoms with Crippen LogP contribution >= 0.6 is 11.3 Å². The normalized spacial score (nSPS) is 23.8. The summed E-state index contributed by atoms with van der Waals surface area (Å²) in [5, 5.41) is 2.19. The molecule has 1 saturated heterocycles. The number of hydrogen-bond donors (Lipinski definition) is 1. The summed E-state index contributed by atoms with van der Waals surface area (Å²) in [6, 6.07) is 0.155. The lowest BCUT2D eigenvalue weighted by Gasteiger charge is -2.23. The number of nitrogens with two attached hydrogens (primary N) is 1. The zero-order chi connectivity index (χ0) is 13.2. The van der Waals surface area contributed by atoms with Gasteiger partial charge in [-0.1, -0.05) is 6.42 Å². The first-order valence-corrected chi connectivity index (χ1v) is 8.28. The van der Waals surface area contributed by atoms with Crippen LogP contribution in [-0.2, 0) is 12.8 Å². The number of carbonyl (C=O) groups is 1. The van der Waals surface area contributed by atoms with Crippen molar-refractivity contribution in [3.05, 3.63) is 21.4 Å². The summed E-state index contributed by atoms with van der Waals surface area (Å²) in [5.41, 5.74) is 8.81. The molecule has 2 N–H and O–H groups in total. The number of thiophene rings is 1. The van der Waals surface area contributed by atoms with Crippen molar-refractivity contribution in [3.63, 3.8) is 0 Å². The lowest BCUT2D eigenvalue weighted by atomic mass is 9.93. The first-order valence-electron chi connectivity index (χ1n) is 7.40. The molecular formula is C15H22N2OS. The molecule has 3 rings (SSSR count). The number of rotatable bonds is 1. The number of fused-ring (bicyclic) bond motifs is 1. The van der Waals surface area contributed by atoms with Crippen LogP contribution in [0, 0.1) is 0 Å². The number of carbonyl (C=O) groups excluding carboxylic acids is 1. The molecule has 1 aliphatic heterocycles. The lowest BCUT2D eigenvalue weighted by molar-refractivity contribution is 0.0758. The van der Waals surface area contributed by atoms with Gasteiger partial charge < -0.3 is 10.6 Å². The molecule has 0 bridgehead atoms. The van der Waals surface area contributed by atoms with E-state index in [4.69, 9.17) is 5.73 Å². The van der Waals surface area contributed by atoms with Gasteiger partial charge in [-0.05, 0) is 55.0 Å². The average molecular weight is 278 g/mol. The second kappa shape index (κ2) is 5.63. The Bertz CT molecular complexity index is 469. The molecule has 4 heteroatoms. The van der Waals surface area contributed by atoms with E-state index in [1.807, 2.05) is 4.90 Å². The third-order valence-corrected chi connectivity index (χ3v) is 5.35. The van der Waals surface area contributed by atoms with E-state index in [0.717, 1.165) is 50.1 Å². The van der Waals surface area contributed by atoms with Crippen LogP contribution in [0.5, 0.6) is 0 Å². The van der Waals surface area contributed by atoms with Gasteiger partial charge in [-0.25, -0.2) is 0 Å². The minimum absolute atomic E-state index is 0.155. The maximum absolute atomic E-state index is 12.7. The van der Waals surface area contributed by atoms with Crippen molar-refractivity contribution in [2.75, 3.05) is 13.1 Å². The van der Waals surface area contributed by atoms with Gasteiger partial charge in [-0.2, -0.15) is 0 Å². The fourth-order valence-electron chi connectivity index (χ4n) is 3.20. The van der Waals surface area contributed by atoms with Crippen molar-refractivity contribution in [2.24, 2.45) is 5.73 Å². The maximum atomic E-state index is 12.7. The van der Waals surface area contributed by atoms with Crippen LogP contribution in [0.15, 0.2) is 5.38 Å². The SMILES string of the molecule is N[C@@H]1CCCCN(C(=O)c2scc3c2CCCC3)C1. The number of nitrogens with zero attached hydrogens (tertiary/aromatic N) is 1. The Kier molecular flexibility index (Phi) is 3.89. The molecule has 19 heavy (non-hydrogen) atoms. The third-order valence-electron chi connectivity index (χ3n) is 4.29. The van der Waals surface area contributed by atoms with Gasteiger partial charge in [0.25, 0.3) is 5.91 Å². The Morgan fingerprint density at radius 1 is 1.26 bits per heavy atom. The number of likely N-dealkylation sites (tertiary alicyclic amines) is 1. The first kappa shape index (κ1) is 13.1. The zero-order valence-corrected chi connectivity index (χ0v) is 12.2. The summed E-state index contributed by atoms with van der Waals surface area (Å²) in [6.45, 7) is 1.60. The van der Waals surface area contributed by atoms with Crippen molar-refractivity contribution in [3.8, 4) is 0 Å². The molecule has 1 aliphatic carbocycles. The molecule has 0 saturated carbocycles. The first-order chi connectivity index (χ1) is 9.25. The van der Waals surface area contributed by atoms with E-state index >= 15 is 0 Å². The molecule has 2 heterocycles. The number of amides is 1. The highest BCUT2D eigenvalue weighted by molar-refractivity contribution is 7.12. The Morgan fingerprint density at radius 3 is 3.00 bits per heavy atom. The molecule has 3 nitrogen and oxygen atoms in total. The minimum atomic E-state index is 0.155. The third kappa shape index (κ3) is 2.70. The standard InChI is InChI=1S/C15H22N2OS/c16-12-6-3-4-8-17(9-12)15(18)14-13-7-2-1-5-11(13)10-19-14/h10,12H,1-9,16H2/t12-/m1/s1. The molecule has 104 valence electrons. The molecule has 1 aromatic heterocycles. The van der Waals surface area contributed by atoms with Crippen LogP contribution in [0.4, 0.5) is 0 Å². The van der Waals surface area contributed by atoms with Gasteiger partial charge in [0.05, 0.1) is 4.88 Å². The molecule has 0 unspecified atom stereocenters. The van der Waals surface area contributed by atoms with Gasteiger partial charge in [0.2, 0.25) is 0 Å². The number of hydrogen-bond acceptors (Lipinski definition) is 3. The minimum Gasteiger partial charge on any atom is -0.336 e. The highest BCUT2D eigenvalue weighted by Crippen LogP contribution is 2.31. The van der Waals surface area contributed by atoms with Crippen LogP contribution in [0.2, 0.25) is 0 Å². The van der Waals surface area contributed by atoms with Gasteiger partial charge in [0.1, 0.15) is 0 Å². The van der Waals surface area contributed by atoms with Gasteiger partial charge in [-0.15, -0.1) is 11.3 Å². The molecule has 1 atom stereocenters. The van der Waals surface area contributed by atoms with Crippen molar-refractivity contribution >= 4 is 17.2 Å². The van der Waals surface area contributed by atoms with Gasteiger partial charge in [0.15, 0.2) is 0 Å². The molecule has 0 radical (unpaired) electrons. The molecule has 1 amide bonds. The summed E-state index contributed by atoms with van der Waals surface area (Å²) < 4.78 is 0. The molecule has 1 aromatic rings. The zero-order valence-electron chi connectivity index (χ0n) is 11.4. The van der Waals surface area contributed by atoms with E-state index in [-0.39, 0.29) is 11.9 Å². The van der Waals surface area contributed by atoms with Crippen LogP contribution < -0.4 is 5.73 Å². The van der Waals surface area contributed by atoms with Gasteiger partial charge in [-0.3, -0.25) is 4.79 Å². The maximum Gasteiger partial charge on any atom is 0.264 e. The van der Waals surface area contributed by atoms with E-state index < -0.39 is 0 Å². The molecule has 0 aromatic carbocycles. The molecular weight excluding hydrogens is 256 g/mol. The van der Waals surface area contributed by atoms with E-state index in [9.17, 15) is 4.79 Å². The van der Waals surface area contributed by atoms with Crippen LogP contribution in [0.3, 0.4) is 0 Å². The summed E-state index contributed by atoms with van der Waals surface area (Å²) in [7, 11) is 0. The summed E-state index contributed by atoms with van der Waals surface area (Å²) in [6.07, 6.45) is 8.01. The average Bonchev–Trinajstić information content (AvgIpc) is 2.73. The van der Waals surface area contributed by atoms with E-state index in [1.165, 1.54) is 24.0 Å². The predicted octanol–water partition coefficient (Wildman–Crippen LogP) is 2.58. The monoisotopic (exact) mass is 278 g/mol. The fourth-order valence-corrected chi connectivity index (χ4v) is 4.33. The van der Waals surface area contributed by atoms with E-state index in [1.54, 1.807) is 11.3 Å². The highest BCUT2D eigenvalue weighted by Gasteiger charge is 2.26. The summed E-state index contributed by atoms with van der Waals surface area (Å²) >= 11 is 1.64. The van der Waals surface area contributed by atoms with Gasteiger partial charge in [0, 0.05) is 19.1 Å². The van der Waals surface area contributed by atoms with Crippen LogP contribution in [0.1, 0.15) is 52.9 Å². The predicted molar refractivity (Wildman–Crippen MR) is 78.7 cm³/mol. The van der Waals surface area contributed by atoms with Crippen LogP contribution in [-0.4, -0.2) is 29.9 Å². The Balaban J connectivity index is 1.81.